The summed E-state index contributed by atoms with van der Waals surface area (Å²) in [6, 6.07) is 5.43. The average Bonchev–Trinajstić information content (AvgIpc) is 3.15. The van der Waals surface area contributed by atoms with E-state index in [1.165, 1.54) is 0 Å². The van der Waals surface area contributed by atoms with Gasteiger partial charge >= 0.3 is 6.09 Å². The maximum absolute atomic E-state index is 12.6. The van der Waals surface area contributed by atoms with Gasteiger partial charge in [0.25, 0.3) is 5.91 Å². The Labute approximate surface area is 155 Å². The van der Waals surface area contributed by atoms with E-state index in [1.807, 2.05) is 26.8 Å². The number of aromatic nitrogens is 1. The minimum absolute atomic E-state index is 0.0360. The first-order valence-corrected chi connectivity index (χ1v) is 9.52. The lowest BCUT2D eigenvalue weighted by molar-refractivity contribution is 0.0445. The SMILES string of the molecule is CC(C)(C)OC(=O)N[C@@H]1CCC[C@@]12CCC[C@H]2NC(=O)c1ccccn1. The maximum atomic E-state index is 12.6. The molecule has 142 valence electrons. The van der Waals surface area contributed by atoms with Crippen LogP contribution in [0.3, 0.4) is 0 Å². The molecule has 2 fully saturated rings. The first kappa shape index (κ1) is 18.7. The van der Waals surface area contributed by atoms with Gasteiger partial charge in [-0.15, -0.1) is 0 Å². The van der Waals surface area contributed by atoms with Crippen molar-refractivity contribution >= 4 is 12.0 Å². The van der Waals surface area contributed by atoms with Crippen molar-refractivity contribution in [2.75, 3.05) is 0 Å². The molecule has 2 saturated carbocycles. The molecule has 0 bridgehead atoms. The second kappa shape index (κ2) is 7.25. The van der Waals surface area contributed by atoms with Gasteiger partial charge in [-0.2, -0.15) is 0 Å². The lowest BCUT2D eigenvalue weighted by Gasteiger charge is -2.38. The number of alkyl carbamates (subject to hydrolysis) is 1. The van der Waals surface area contributed by atoms with Crippen LogP contribution in [0.4, 0.5) is 4.79 Å². The molecule has 1 aromatic heterocycles. The number of hydrogen-bond donors (Lipinski definition) is 2. The number of carbonyl (C=O) groups is 2. The van der Waals surface area contributed by atoms with E-state index >= 15 is 0 Å². The fourth-order valence-electron chi connectivity index (χ4n) is 4.52. The van der Waals surface area contributed by atoms with E-state index in [9.17, 15) is 9.59 Å². The van der Waals surface area contributed by atoms with Crippen molar-refractivity contribution in [3.63, 3.8) is 0 Å². The summed E-state index contributed by atoms with van der Waals surface area (Å²) in [5.41, 5.74) is -0.163. The van der Waals surface area contributed by atoms with Crippen molar-refractivity contribution in [1.29, 1.82) is 0 Å². The van der Waals surface area contributed by atoms with Gasteiger partial charge in [-0.3, -0.25) is 9.78 Å². The van der Waals surface area contributed by atoms with Crippen LogP contribution in [-0.4, -0.2) is 34.7 Å². The number of pyridine rings is 1. The highest BCUT2D eigenvalue weighted by Crippen LogP contribution is 2.50. The molecule has 1 aromatic rings. The summed E-state index contributed by atoms with van der Waals surface area (Å²) in [5.74, 6) is -0.139. The quantitative estimate of drug-likeness (QED) is 0.866. The van der Waals surface area contributed by atoms with E-state index in [1.54, 1.807) is 18.3 Å². The van der Waals surface area contributed by atoms with Crippen LogP contribution in [0.15, 0.2) is 24.4 Å². The van der Waals surface area contributed by atoms with Crippen molar-refractivity contribution < 1.29 is 14.3 Å². The molecule has 2 N–H and O–H groups in total. The third-order valence-corrected chi connectivity index (χ3v) is 5.55. The molecule has 3 rings (SSSR count). The smallest absolute Gasteiger partial charge is 0.407 e. The van der Waals surface area contributed by atoms with Crippen molar-refractivity contribution in [1.82, 2.24) is 15.6 Å². The lowest BCUT2D eigenvalue weighted by Crippen LogP contribution is -2.54. The van der Waals surface area contributed by atoms with E-state index < -0.39 is 5.60 Å². The van der Waals surface area contributed by atoms with Crippen LogP contribution < -0.4 is 10.6 Å². The molecule has 6 heteroatoms. The summed E-state index contributed by atoms with van der Waals surface area (Å²) in [6.07, 6.45) is 7.25. The molecule has 0 radical (unpaired) electrons. The van der Waals surface area contributed by atoms with Crippen molar-refractivity contribution in [3.05, 3.63) is 30.1 Å². The van der Waals surface area contributed by atoms with Gasteiger partial charge in [0.05, 0.1) is 0 Å². The Morgan fingerprint density at radius 2 is 1.77 bits per heavy atom. The summed E-state index contributed by atoms with van der Waals surface area (Å²) in [6.45, 7) is 5.59. The first-order chi connectivity index (χ1) is 12.3. The third-order valence-electron chi connectivity index (χ3n) is 5.55. The van der Waals surface area contributed by atoms with Crippen molar-refractivity contribution in [2.45, 2.75) is 77.0 Å². The van der Waals surface area contributed by atoms with E-state index in [-0.39, 0.29) is 29.5 Å². The molecule has 0 saturated heterocycles. The fourth-order valence-corrected chi connectivity index (χ4v) is 4.52. The molecule has 0 aliphatic heterocycles. The Morgan fingerprint density at radius 1 is 1.12 bits per heavy atom. The number of carbonyl (C=O) groups excluding carboxylic acids is 2. The van der Waals surface area contributed by atoms with Crippen molar-refractivity contribution in [3.8, 4) is 0 Å². The third kappa shape index (κ3) is 4.00. The van der Waals surface area contributed by atoms with Gasteiger partial charge in [-0.25, -0.2) is 4.79 Å². The fraction of sp³-hybridized carbons (Fsp3) is 0.650. The van der Waals surface area contributed by atoms with Crippen LogP contribution in [0.1, 0.15) is 69.8 Å². The summed E-state index contributed by atoms with van der Waals surface area (Å²) in [4.78, 5) is 29.0. The predicted molar refractivity (Wildman–Crippen MR) is 98.8 cm³/mol. The maximum Gasteiger partial charge on any atom is 0.407 e. The van der Waals surface area contributed by atoms with Gasteiger partial charge in [-0.05, 0) is 58.6 Å². The Bertz CT molecular complexity index is 652. The Kier molecular flexibility index (Phi) is 5.21. The largest absolute Gasteiger partial charge is 0.444 e. The van der Waals surface area contributed by atoms with Crippen LogP contribution in [0.5, 0.6) is 0 Å². The highest BCUT2D eigenvalue weighted by atomic mass is 16.6. The molecule has 0 unspecified atom stereocenters. The predicted octanol–water partition coefficient (Wildman–Crippen LogP) is 3.43. The summed E-state index contributed by atoms with van der Waals surface area (Å²) < 4.78 is 5.44. The number of ether oxygens (including phenoxy) is 1. The molecule has 26 heavy (non-hydrogen) atoms. The molecular formula is C20H29N3O3. The van der Waals surface area contributed by atoms with Gasteiger partial charge in [0.15, 0.2) is 0 Å². The average molecular weight is 359 g/mol. The zero-order valence-corrected chi connectivity index (χ0v) is 15.9. The zero-order valence-electron chi connectivity index (χ0n) is 15.9. The van der Waals surface area contributed by atoms with Crippen molar-refractivity contribution in [2.24, 2.45) is 5.41 Å². The molecule has 2 aliphatic carbocycles. The number of nitrogens with one attached hydrogen (secondary N) is 2. The Balaban J connectivity index is 1.70. The van der Waals surface area contributed by atoms with Gasteiger partial charge < -0.3 is 15.4 Å². The monoisotopic (exact) mass is 359 g/mol. The minimum atomic E-state index is -0.516. The minimum Gasteiger partial charge on any atom is -0.444 e. The lowest BCUT2D eigenvalue weighted by atomic mass is 9.77. The van der Waals surface area contributed by atoms with Crippen LogP contribution in [0.25, 0.3) is 0 Å². The number of hydrogen-bond acceptors (Lipinski definition) is 4. The van der Waals surface area contributed by atoms with Gasteiger partial charge in [0.2, 0.25) is 0 Å². The number of rotatable bonds is 3. The Hall–Kier alpha value is -2.11. The highest BCUT2D eigenvalue weighted by molar-refractivity contribution is 5.92. The molecule has 6 nitrogen and oxygen atoms in total. The number of nitrogens with zero attached hydrogens (tertiary/aromatic N) is 1. The Morgan fingerprint density at radius 3 is 2.35 bits per heavy atom. The molecule has 0 aromatic carbocycles. The summed E-state index contributed by atoms with van der Waals surface area (Å²) >= 11 is 0. The van der Waals surface area contributed by atoms with Gasteiger partial charge in [0.1, 0.15) is 11.3 Å². The van der Waals surface area contributed by atoms with Crippen LogP contribution in [0.2, 0.25) is 0 Å². The van der Waals surface area contributed by atoms with Crippen LogP contribution >= 0.6 is 0 Å². The molecule has 3 atom stereocenters. The topological polar surface area (TPSA) is 80.3 Å². The van der Waals surface area contributed by atoms with Gasteiger partial charge in [-0.1, -0.05) is 18.9 Å². The molecule has 2 amide bonds. The van der Waals surface area contributed by atoms with Crippen LogP contribution in [0, 0.1) is 5.41 Å². The summed E-state index contributed by atoms with van der Waals surface area (Å²) in [5, 5.41) is 6.27. The summed E-state index contributed by atoms with van der Waals surface area (Å²) in [7, 11) is 0. The zero-order chi connectivity index (χ0) is 18.8. The molecule has 1 heterocycles. The second-order valence-corrected chi connectivity index (χ2v) is 8.46. The van der Waals surface area contributed by atoms with E-state index in [0.717, 1.165) is 38.5 Å². The van der Waals surface area contributed by atoms with E-state index in [0.29, 0.717) is 5.69 Å². The molecule has 1 spiro atoms. The van der Waals surface area contributed by atoms with Gasteiger partial charge in [0, 0.05) is 23.7 Å². The molecule has 2 aliphatic rings. The highest BCUT2D eigenvalue weighted by Gasteiger charge is 2.52. The van der Waals surface area contributed by atoms with Crippen LogP contribution in [-0.2, 0) is 4.74 Å². The first-order valence-electron chi connectivity index (χ1n) is 9.52. The van der Waals surface area contributed by atoms with E-state index in [4.69, 9.17) is 4.74 Å². The van der Waals surface area contributed by atoms with E-state index in [2.05, 4.69) is 15.6 Å². The standard InChI is InChI=1S/C20H29N3O3/c1-19(2,3)26-18(25)23-16-10-7-12-20(16)11-6-9-15(20)22-17(24)14-8-4-5-13-21-14/h4-5,8,13,15-16H,6-7,9-12H2,1-3H3,(H,22,24)(H,23,25)/t15-,16-,20-/m1/s1. The second-order valence-electron chi connectivity index (χ2n) is 8.46. The number of amides is 2. The normalized spacial score (nSPS) is 28.1. The molecular weight excluding hydrogens is 330 g/mol.